The summed E-state index contributed by atoms with van der Waals surface area (Å²) in [5.41, 5.74) is 7.50. The largest absolute Gasteiger partial charge is 0.366 e. The summed E-state index contributed by atoms with van der Waals surface area (Å²) in [5.74, 6) is -0.520. The highest BCUT2D eigenvalue weighted by atomic mass is 16.2. The predicted octanol–water partition coefficient (Wildman–Crippen LogP) is 3.09. The molecule has 3 amide bonds. The van der Waals surface area contributed by atoms with E-state index in [1.54, 1.807) is 23.1 Å². The van der Waals surface area contributed by atoms with Gasteiger partial charge in [-0.25, -0.2) is 4.79 Å². The summed E-state index contributed by atoms with van der Waals surface area (Å²) in [4.78, 5) is 28.7. The van der Waals surface area contributed by atoms with Crippen molar-refractivity contribution in [3.05, 3.63) is 65.7 Å². The van der Waals surface area contributed by atoms with Crippen LogP contribution in [0.15, 0.2) is 54.6 Å². The average molecular weight is 393 g/mol. The van der Waals surface area contributed by atoms with E-state index in [0.29, 0.717) is 17.8 Å². The predicted molar refractivity (Wildman–Crippen MR) is 114 cm³/mol. The Labute approximate surface area is 171 Å². The van der Waals surface area contributed by atoms with Crippen LogP contribution in [0.2, 0.25) is 0 Å². The highest BCUT2D eigenvalue weighted by Crippen LogP contribution is 2.46. The Balaban J connectivity index is 1.58. The topological polar surface area (TPSA) is 78.7 Å². The molecule has 1 saturated carbocycles. The molecule has 4 rings (SSSR count). The Morgan fingerprint density at radius 2 is 1.62 bits per heavy atom. The standard InChI is InChI=1S/C23H28N4O2/c1-26(2)23(17-8-4-3-5-9-17)14-12-22(13-15-23)16-27(21(29)25-22)19-11-7-6-10-18(19)20(24)28/h3-11H,12-16H2,1-2H3,(H2,24,28)(H,25,29)/t22-,23+. The van der Waals surface area contributed by atoms with Gasteiger partial charge >= 0.3 is 6.03 Å². The minimum absolute atomic E-state index is 0.0320. The lowest BCUT2D eigenvalue weighted by Crippen LogP contribution is -2.54. The SMILES string of the molecule is CN(C)[C@]1(c2ccccc2)CC[C@]2(CC1)CN(c1ccccc1C(N)=O)C(=O)N2. The van der Waals surface area contributed by atoms with Crippen molar-refractivity contribution in [2.45, 2.75) is 36.8 Å². The third kappa shape index (κ3) is 3.27. The van der Waals surface area contributed by atoms with Gasteiger partial charge in [0.1, 0.15) is 0 Å². The normalized spacial score (nSPS) is 26.7. The van der Waals surface area contributed by atoms with Gasteiger partial charge in [0, 0.05) is 5.54 Å². The van der Waals surface area contributed by atoms with Gasteiger partial charge in [-0.05, 0) is 57.5 Å². The van der Waals surface area contributed by atoms with Crippen molar-refractivity contribution < 1.29 is 9.59 Å². The molecule has 0 aromatic heterocycles. The van der Waals surface area contributed by atoms with Gasteiger partial charge in [0.2, 0.25) is 0 Å². The van der Waals surface area contributed by atoms with E-state index >= 15 is 0 Å². The Morgan fingerprint density at radius 1 is 1.00 bits per heavy atom. The van der Waals surface area contributed by atoms with Crippen molar-refractivity contribution in [1.82, 2.24) is 10.2 Å². The zero-order valence-corrected chi connectivity index (χ0v) is 17.0. The molecule has 0 atom stereocenters. The monoisotopic (exact) mass is 392 g/mol. The van der Waals surface area contributed by atoms with Gasteiger partial charge in [-0.15, -0.1) is 0 Å². The lowest BCUT2D eigenvalue weighted by atomic mass is 9.69. The van der Waals surface area contributed by atoms with E-state index in [1.807, 2.05) is 12.1 Å². The second-order valence-corrected chi connectivity index (χ2v) is 8.47. The van der Waals surface area contributed by atoms with Gasteiger partial charge in [0.05, 0.1) is 23.3 Å². The van der Waals surface area contributed by atoms with Gasteiger partial charge in [-0.3, -0.25) is 14.6 Å². The molecule has 3 N–H and O–H groups in total. The molecule has 1 heterocycles. The van der Waals surface area contributed by atoms with Gasteiger partial charge in [-0.2, -0.15) is 0 Å². The van der Waals surface area contributed by atoms with Crippen LogP contribution >= 0.6 is 0 Å². The molecule has 0 bridgehead atoms. The summed E-state index contributed by atoms with van der Waals surface area (Å²) in [7, 11) is 4.27. The summed E-state index contributed by atoms with van der Waals surface area (Å²) < 4.78 is 0. The smallest absolute Gasteiger partial charge is 0.322 e. The Hall–Kier alpha value is -2.86. The molecule has 0 unspecified atom stereocenters. The van der Waals surface area contributed by atoms with E-state index < -0.39 is 5.91 Å². The molecule has 6 nitrogen and oxygen atoms in total. The molecular weight excluding hydrogens is 364 g/mol. The third-order valence-corrected chi connectivity index (χ3v) is 6.74. The molecule has 2 aliphatic rings. The highest BCUT2D eigenvalue weighted by molar-refractivity contribution is 6.04. The van der Waals surface area contributed by atoms with Crippen molar-refractivity contribution in [2.24, 2.45) is 5.73 Å². The van der Waals surface area contributed by atoms with E-state index in [-0.39, 0.29) is 17.1 Å². The van der Waals surface area contributed by atoms with Crippen molar-refractivity contribution in [3.8, 4) is 0 Å². The second-order valence-electron chi connectivity index (χ2n) is 8.47. The number of nitrogens with one attached hydrogen (secondary N) is 1. The zero-order chi connectivity index (χ0) is 20.6. The number of urea groups is 1. The van der Waals surface area contributed by atoms with Gasteiger partial charge < -0.3 is 11.1 Å². The zero-order valence-electron chi connectivity index (χ0n) is 17.0. The first-order valence-corrected chi connectivity index (χ1v) is 10.1. The van der Waals surface area contributed by atoms with Crippen LogP contribution in [0, 0.1) is 0 Å². The molecular formula is C23H28N4O2. The number of rotatable bonds is 4. The summed E-state index contributed by atoms with van der Waals surface area (Å²) in [5, 5.41) is 3.23. The van der Waals surface area contributed by atoms with Crippen LogP contribution < -0.4 is 16.0 Å². The molecule has 2 aromatic rings. The number of nitrogens with two attached hydrogens (primary N) is 1. The summed E-state index contributed by atoms with van der Waals surface area (Å²) >= 11 is 0. The molecule has 1 aliphatic heterocycles. The van der Waals surface area contributed by atoms with E-state index in [2.05, 4.69) is 48.6 Å². The number of primary amides is 1. The number of para-hydroxylation sites is 1. The van der Waals surface area contributed by atoms with Crippen LogP contribution in [0.5, 0.6) is 0 Å². The van der Waals surface area contributed by atoms with E-state index in [9.17, 15) is 9.59 Å². The molecule has 2 fully saturated rings. The second kappa shape index (κ2) is 7.19. The van der Waals surface area contributed by atoms with Crippen LogP contribution in [0.4, 0.5) is 10.5 Å². The quantitative estimate of drug-likeness (QED) is 0.839. The van der Waals surface area contributed by atoms with Crippen LogP contribution in [0.3, 0.4) is 0 Å². The third-order valence-electron chi connectivity index (χ3n) is 6.74. The van der Waals surface area contributed by atoms with Crippen LogP contribution in [-0.2, 0) is 5.54 Å². The number of carbonyl (C=O) groups excluding carboxylic acids is 2. The van der Waals surface area contributed by atoms with Crippen molar-refractivity contribution in [3.63, 3.8) is 0 Å². The van der Waals surface area contributed by atoms with Crippen molar-refractivity contribution in [2.75, 3.05) is 25.5 Å². The minimum Gasteiger partial charge on any atom is -0.366 e. The molecule has 152 valence electrons. The van der Waals surface area contributed by atoms with Crippen molar-refractivity contribution in [1.29, 1.82) is 0 Å². The average Bonchev–Trinajstić information content (AvgIpc) is 3.05. The van der Waals surface area contributed by atoms with Gasteiger partial charge in [0.15, 0.2) is 0 Å². The Kier molecular flexibility index (Phi) is 4.82. The molecule has 1 saturated heterocycles. The van der Waals surface area contributed by atoms with E-state index in [1.165, 1.54) is 5.56 Å². The number of hydrogen-bond acceptors (Lipinski definition) is 3. The Morgan fingerprint density at radius 3 is 2.24 bits per heavy atom. The molecule has 1 spiro atoms. The molecule has 6 heteroatoms. The summed E-state index contributed by atoms with van der Waals surface area (Å²) in [6.45, 7) is 0.550. The van der Waals surface area contributed by atoms with Gasteiger partial charge in [-0.1, -0.05) is 42.5 Å². The fourth-order valence-electron chi connectivity index (χ4n) is 4.99. The first kappa shape index (κ1) is 19.5. The molecule has 0 radical (unpaired) electrons. The van der Waals surface area contributed by atoms with Crippen molar-refractivity contribution >= 4 is 17.6 Å². The number of carbonyl (C=O) groups is 2. The highest BCUT2D eigenvalue weighted by Gasteiger charge is 2.50. The van der Waals surface area contributed by atoms with Crippen LogP contribution in [-0.4, -0.2) is 43.0 Å². The molecule has 2 aromatic carbocycles. The first-order chi connectivity index (χ1) is 13.9. The van der Waals surface area contributed by atoms with Gasteiger partial charge in [0.25, 0.3) is 5.91 Å². The number of nitrogens with zero attached hydrogens (tertiary/aromatic N) is 2. The molecule has 29 heavy (non-hydrogen) atoms. The Bertz CT molecular complexity index is 917. The first-order valence-electron chi connectivity index (χ1n) is 10.1. The lowest BCUT2D eigenvalue weighted by Gasteiger charge is -2.48. The number of hydrogen-bond donors (Lipinski definition) is 2. The maximum absolute atomic E-state index is 12.8. The van der Waals surface area contributed by atoms with E-state index in [0.717, 1.165) is 25.7 Å². The van der Waals surface area contributed by atoms with Crippen LogP contribution in [0.25, 0.3) is 0 Å². The maximum Gasteiger partial charge on any atom is 0.322 e. The van der Waals surface area contributed by atoms with E-state index in [4.69, 9.17) is 5.73 Å². The summed E-state index contributed by atoms with van der Waals surface area (Å²) in [6.07, 6.45) is 3.66. The lowest BCUT2D eigenvalue weighted by molar-refractivity contribution is 0.0657. The molecule has 1 aliphatic carbocycles. The number of anilines is 1. The maximum atomic E-state index is 12.8. The fraction of sp³-hybridized carbons (Fsp3) is 0.391. The summed E-state index contributed by atoms with van der Waals surface area (Å²) in [6, 6.07) is 17.5. The minimum atomic E-state index is -0.520. The number of benzene rings is 2. The van der Waals surface area contributed by atoms with Crippen LogP contribution in [0.1, 0.15) is 41.6 Å². The number of amides is 3. The fourth-order valence-corrected chi connectivity index (χ4v) is 4.99.